The molecule has 0 saturated heterocycles. The van der Waals surface area contributed by atoms with Crippen LogP contribution in [-0.2, 0) is 4.79 Å². The summed E-state index contributed by atoms with van der Waals surface area (Å²) < 4.78 is 13.2. The van der Waals surface area contributed by atoms with Crippen molar-refractivity contribution < 1.29 is 19.4 Å². The molecule has 0 aromatic rings. The first-order valence-corrected chi connectivity index (χ1v) is 10.4. The topological polar surface area (TPSA) is 57.5 Å². The van der Waals surface area contributed by atoms with E-state index in [2.05, 4.69) is 6.92 Å². The molecule has 3 rings (SSSR count). The van der Waals surface area contributed by atoms with E-state index in [1.807, 2.05) is 0 Å². The number of halogens is 1. The third kappa shape index (κ3) is 4.10. The normalized spacial score (nSPS) is 45.4. The van der Waals surface area contributed by atoms with Gasteiger partial charge in [0.15, 0.2) is 5.78 Å². The Morgan fingerprint density at radius 2 is 1.84 bits per heavy atom. The molecule has 7 unspecified atom stereocenters. The number of fused-ring (bicyclic) bond motifs is 3. The third-order valence-electron chi connectivity index (χ3n) is 7.81. The molecule has 144 valence electrons. The highest BCUT2D eigenvalue weighted by molar-refractivity contribution is 5.81. The minimum absolute atomic E-state index is 0.0145. The molecule has 3 aliphatic carbocycles. The molecule has 0 aromatic carbocycles. The molecule has 0 radical (unpaired) electrons. The van der Waals surface area contributed by atoms with Gasteiger partial charge in [0, 0.05) is 5.92 Å². The van der Waals surface area contributed by atoms with Gasteiger partial charge in [-0.2, -0.15) is 0 Å². The Bertz CT molecular complexity index is 468. The molecule has 3 fully saturated rings. The summed E-state index contributed by atoms with van der Waals surface area (Å²) in [4.78, 5) is 12.0. The first-order valence-electron chi connectivity index (χ1n) is 10.4. The van der Waals surface area contributed by atoms with Crippen LogP contribution in [0.4, 0.5) is 4.39 Å². The molecular weight excluding hydrogens is 319 g/mol. The van der Waals surface area contributed by atoms with Gasteiger partial charge in [-0.3, -0.25) is 4.79 Å². The lowest BCUT2D eigenvalue weighted by Crippen LogP contribution is -2.47. The van der Waals surface area contributed by atoms with Crippen molar-refractivity contribution in [3.63, 3.8) is 0 Å². The Labute approximate surface area is 151 Å². The highest BCUT2D eigenvalue weighted by Crippen LogP contribution is 2.53. The van der Waals surface area contributed by atoms with Gasteiger partial charge in [0.2, 0.25) is 0 Å². The van der Waals surface area contributed by atoms with E-state index in [1.165, 1.54) is 6.42 Å². The highest BCUT2D eigenvalue weighted by Gasteiger charge is 2.47. The number of Topliss-reactive ketones (excluding diaryl/α,β-unsaturated/α-hetero) is 1. The first kappa shape index (κ1) is 19.3. The quantitative estimate of drug-likeness (QED) is 0.808. The molecule has 3 saturated carbocycles. The SMILES string of the molecule is CC1CCC(C(=O)CO)CCCC2C1CCC1CC(O)(CF)CCC12. The predicted octanol–water partition coefficient (Wildman–Crippen LogP) is 3.91. The molecule has 2 N–H and O–H groups in total. The van der Waals surface area contributed by atoms with Crippen LogP contribution in [0.3, 0.4) is 0 Å². The molecule has 0 heterocycles. The lowest BCUT2D eigenvalue weighted by molar-refractivity contribution is -0.126. The zero-order valence-electron chi connectivity index (χ0n) is 15.6. The number of carbonyl (C=O) groups is 1. The van der Waals surface area contributed by atoms with E-state index in [0.717, 1.165) is 44.9 Å². The van der Waals surface area contributed by atoms with E-state index in [9.17, 15) is 19.4 Å². The van der Waals surface area contributed by atoms with Crippen LogP contribution in [0.5, 0.6) is 0 Å². The molecule has 25 heavy (non-hydrogen) atoms. The fourth-order valence-corrected chi connectivity index (χ4v) is 6.36. The summed E-state index contributed by atoms with van der Waals surface area (Å²) in [5.41, 5.74) is -1.07. The Kier molecular flexibility index (Phi) is 6.20. The molecule has 0 aliphatic heterocycles. The monoisotopic (exact) mass is 354 g/mol. The summed E-state index contributed by atoms with van der Waals surface area (Å²) in [6, 6.07) is 0. The maximum atomic E-state index is 13.2. The summed E-state index contributed by atoms with van der Waals surface area (Å²) in [5, 5.41) is 19.6. The molecular formula is C21H35FO3. The second kappa shape index (κ2) is 8.04. The van der Waals surface area contributed by atoms with Gasteiger partial charge in [0.25, 0.3) is 0 Å². The van der Waals surface area contributed by atoms with E-state index < -0.39 is 12.3 Å². The average Bonchev–Trinajstić information content (AvgIpc) is 2.70. The van der Waals surface area contributed by atoms with Crippen molar-refractivity contribution in [2.45, 2.75) is 76.7 Å². The van der Waals surface area contributed by atoms with Crippen LogP contribution < -0.4 is 0 Å². The smallest absolute Gasteiger partial charge is 0.161 e. The fraction of sp³-hybridized carbons (Fsp3) is 0.952. The van der Waals surface area contributed by atoms with Gasteiger partial charge >= 0.3 is 0 Å². The van der Waals surface area contributed by atoms with E-state index >= 15 is 0 Å². The van der Waals surface area contributed by atoms with E-state index in [4.69, 9.17) is 0 Å². The second-order valence-electron chi connectivity index (χ2n) is 9.24. The average molecular weight is 355 g/mol. The second-order valence-corrected chi connectivity index (χ2v) is 9.24. The van der Waals surface area contributed by atoms with Crippen LogP contribution in [0, 0.1) is 35.5 Å². The predicted molar refractivity (Wildman–Crippen MR) is 95.8 cm³/mol. The van der Waals surface area contributed by atoms with Crippen molar-refractivity contribution in [3.8, 4) is 0 Å². The summed E-state index contributed by atoms with van der Waals surface area (Å²) in [6.07, 6.45) is 9.61. The first-order chi connectivity index (χ1) is 12.0. The molecule has 4 heteroatoms. The van der Waals surface area contributed by atoms with Gasteiger partial charge in [-0.1, -0.05) is 13.3 Å². The van der Waals surface area contributed by atoms with E-state index in [-0.39, 0.29) is 18.3 Å². The zero-order valence-corrected chi connectivity index (χ0v) is 15.6. The minimum atomic E-state index is -1.07. The Hall–Kier alpha value is -0.480. The number of aliphatic hydroxyl groups excluding tert-OH is 1. The number of hydrogen-bond donors (Lipinski definition) is 2. The summed E-state index contributed by atoms with van der Waals surface area (Å²) in [7, 11) is 0. The van der Waals surface area contributed by atoms with Crippen molar-refractivity contribution in [2.24, 2.45) is 35.5 Å². The number of ketones is 1. The molecule has 3 aliphatic rings. The zero-order chi connectivity index (χ0) is 18.0. The number of carbonyl (C=O) groups excluding carboxylic acids is 1. The van der Waals surface area contributed by atoms with Gasteiger partial charge < -0.3 is 10.2 Å². The van der Waals surface area contributed by atoms with Crippen LogP contribution in [0.2, 0.25) is 0 Å². The Morgan fingerprint density at radius 3 is 2.56 bits per heavy atom. The van der Waals surface area contributed by atoms with Crippen LogP contribution in [-0.4, -0.2) is 34.9 Å². The maximum Gasteiger partial charge on any atom is 0.161 e. The largest absolute Gasteiger partial charge is 0.389 e. The molecule has 0 amide bonds. The van der Waals surface area contributed by atoms with Crippen LogP contribution in [0.1, 0.15) is 71.1 Å². The molecule has 3 nitrogen and oxygen atoms in total. The van der Waals surface area contributed by atoms with Crippen LogP contribution >= 0.6 is 0 Å². The molecule has 0 bridgehead atoms. The van der Waals surface area contributed by atoms with Crippen molar-refractivity contribution in [2.75, 3.05) is 13.3 Å². The van der Waals surface area contributed by atoms with Gasteiger partial charge in [-0.05, 0) is 87.4 Å². The summed E-state index contributed by atoms with van der Waals surface area (Å²) in [5.74, 6) is 3.13. The van der Waals surface area contributed by atoms with E-state index in [0.29, 0.717) is 42.4 Å². The van der Waals surface area contributed by atoms with Gasteiger partial charge in [0.05, 0.1) is 5.60 Å². The lowest BCUT2D eigenvalue weighted by Gasteiger charge is -2.51. The van der Waals surface area contributed by atoms with Gasteiger partial charge in [0.1, 0.15) is 13.3 Å². The van der Waals surface area contributed by atoms with Crippen LogP contribution in [0.25, 0.3) is 0 Å². The van der Waals surface area contributed by atoms with Crippen molar-refractivity contribution in [1.82, 2.24) is 0 Å². The lowest BCUT2D eigenvalue weighted by atomic mass is 9.56. The van der Waals surface area contributed by atoms with Crippen LogP contribution in [0.15, 0.2) is 0 Å². The van der Waals surface area contributed by atoms with Crippen molar-refractivity contribution >= 4 is 5.78 Å². The standard InChI is InChI=1S/C21H35FO3/c1-14-5-6-15(20(24)12-23)3-2-4-19-17(14)8-7-16-11-21(25,13-22)10-9-18(16)19/h14-19,23,25H,2-13H2,1H3. The number of rotatable bonds is 3. The third-order valence-corrected chi connectivity index (χ3v) is 7.81. The highest BCUT2D eigenvalue weighted by atomic mass is 19.1. The summed E-state index contributed by atoms with van der Waals surface area (Å²) >= 11 is 0. The molecule has 7 atom stereocenters. The molecule has 0 aromatic heterocycles. The van der Waals surface area contributed by atoms with Crippen molar-refractivity contribution in [1.29, 1.82) is 0 Å². The maximum absolute atomic E-state index is 13.2. The number of alkyl halides is 1. The number of hydrogen-bond acceptors (Lipinski definition) is 3. The summed E-state index contributed by atoms with van der Waals surface area (Å²) in [6.45, 7) is 1.41. The molecule has 0 spiro atoms. The van der Waals surface area contributed by atoms with E-state index in [1.54, 1.807) is 0 Å². The Morgan fingerprint density at radius 1 is 1.04 bits per heavy atom. The fourth-order valence-electron chi connectivity index (χ4n) is 6.36. The minimum Gasteiger partial charge on any atom is -0.389 e. The van der Waals surface area contributed by atoms with Gasteiger partial charge in [-0.15, -0.1) is 0 Å². The van der Waals surface area contributed by atoms with Gasteiger partial charge in [-0.25, -0.2) is 4.39 Å². The Balaban J connectivity index is 1.71. The number of aliphatic hydroxyl groups is 2. The van der Waals surface area contributed by atoms with Crippen molar-refractivity contribution in [3.05, 3.63) is 0 Å².